The highest BCUT2D eigenvalue weighted by molar-refractivity contribution is 5.99. The average molecular weight is 354 g/mol. The molecule has 4 heteroatoms. The molecule has 1 aromatic heterocycles. The summed E-state index contributed by atoms with van der Waals surface area (Å²) in [5.74, 6) is 0.0216. The van der Waals surface area contributed by atoms with Gasteiger partial charge in [0.15, 0.2) is 0 Å². The molecule has 0 aliphatic heterocycles. The standard InChI is InChI=1S/C22H31N3O/c1-2-23-22(26)15-12-13-19-18(14-15)17-10-7-11-20(21(17)25-19)24-16-8-5-3-4-6-9-16/h12-14,16,20,24-25H,2-11H2,1H3,(H,23,26). The lowest BCUT2D eigenvalue weighted by Gasteiger charge is -2.28. The zero-order valence-corrected chi connectivity index (χ0v) is 15.9. The number of nitrogens with one attached hydrogen (secondary N) is 3. The van der Waals surface area contributed by atoms with Crippen LogP contribution < -0.4 is 10.6 Å². The van der Waals surface area contributed by atoms with E-state index in [2.05, 4.69) is 27.8 Å². The molecule has 1 aromatic carbocycles. The molecular weight excluding hydrogens is 322 g/mol. The van der Waals surface area contributed by atoms with Crippen molar-refractivity contribution in [1.82, 2.24) is 15.6 Å². The van der Waals surface area contributed by atoms with Gasteiger partial charge in [0.1, 0.15) is 0 Å². The Labute approximate surface area is 156 Å². The fourth-order valence-corrected chi connectivity index (χ4v) is 4.76. The summed E-state index contributed by atoms with van der Waals surface area (Å²) in [5, 5.41) is 8.10. The molecule has 0 spiro atoms. The van der Waals surface area contributed by atoms with E-state index in [9.17, 15) is 4.79 Å². The summed E-state index contributed by atoms with van der Waals surface area (Å²) < 4.78 is 0. The molecule has 0 saturated heterocycles. The predicted molar refractivity (Wildman–Crippen MR) is 107 cm³/mol. The summed E-state index contributed by atoms with van der Waals surface area (Å²) in [4.78, 5) is 15.9. The van der Waals surface area contributed by atoms with Gasteiger partial charge in [-0.1, -0.05) is 25.7 Å². The third kappa shape index (κ3) is 3.52. The highest BCUT2D eigenvalue weighted by atomic mass is 16.1. The van der Waals surface area contributed by atoms with Gasteiger partial charge in [-0.2, -0.15) is 0 Å². The first-order valence-electron chi connectivity index (χ1n) is 10.4. The van der Waals surface area contributed by atoms with Crippen molar-refractivity contribution >= 4 is 16.8 Å². The molecule has 0 bridgehead atoms. The second-order valence-electron chi connectivity index (χ2n) is 7.94. The van der Waals surface area contributed by atoms with Crippen molar-refractivity contribution in [3.8, 4) is 0 Å². The number of carbonyl (C=O) groups is 1. The summed E-state index contributed by atoms with van der Waals surface area (Å²) in [6.07, 6.45) is 11.7. The number of fused-ring (bicyclic) bond motifs is 3. The van der Waals surface area contributed by atoms with Crippen molar-refractivity contribution in [2.75, 3.05) is 6.54 Å². The minimum absolute atomic E-state index is 0.0216. The van der Waals surface area contributed by atoms with E-state index in [-0.39, 0.29) is 5.91 Å². The zero-order valence-electron chi connectivity index (χ0n) is 15.9. The molecule has 2 aromatic rings. The first kappa shape index (κ1) is 17.6. The van der Waals surface area contributed by atoms with Crippen LogP contribution in [0, 0.1) is 0 Å². The number of hydrogen-bond acceptors (Lipinski definition) is 2. The van der Waals surface area contributed by atoms with Gasteiger partial charge in [0, 0.05) is 40.8 Å². The van der Waals surface area contributed by atoms with Crippen LogP contribution in [0.5, 0.6) is 0 Å². The number of aryl methyl sites for hydroxylation is 1. The second kappa shape index (κ2) is 7.83. The molecule has 1 unspecified atom stereocenters. The van der Waals surface area contributed by atoms with Crippen LogP contribution in [0.15, 0.2) is 18.2 Å². The third-order valence-corrected chi connectivity index (χ3v) is 6.10. The Morgan fingerprint density at radius 3 is 2.69 bits per heavy atom. The highest BCUT2D eigenvalue weighted by Crippen LogP contribution is 2.36. The lowest BCUT2D eigenvalue weighted by molar-refractivity contribution is 0.0956. The minimum atomic E-state index is 0.0216. The van der Waals surface area contributed by atoms with Gasteiger partial charge in [-0.3, -0.25) is 4.79 Å². The molecule has 1 amide bonds. The number of aromatic nitrogens is 1. The molecule has 26 heavy (non-hydrogen) atoms. The fraction of sp³-hybridized carbons (Fsp3) is 0.591. The average Bonchev–Trinajstić information content (AvgIpc) is 2.83. The molecule has 3 N–H and O–H groups in total. The SMILES string of the molecule is CCNC(=O)c1ccc2[nH]c3c(c2c1)CCCC3NC1CCCCCC1. The molecule has 1 saturated carbocycles. The molecule has 2 aliphatic rings. The monoisotopic (exact) mass is 353 g/mol. The maximum absolute atomic E-state index is 12.2. The maximum atomic E-state index is 12.2. The quantitative estimate of drug-likeness (QED) is 0.703. The number of hydrogen-bond donors (Lipinski definition) is 3. The van der Waals surface area contributed by atoms with Gasteiger partial charge in [-0.15, -0.1) is 0 Å². The van der Waals surface area contributed by atoms with Crippen molar-refractivity contribution in [2.45, 2.75) is 76.8 Å². The van der Waals surface area contributed by atoms with Crippen molar-refractivity contribution < 1.29 is 4.79 Å². The Bertz CT molecular complexity index is 771. The first-order chi connectivity index (χ1) is 12.8. The summed E-state index contributed by atoms with van der Waals surface area (Å²) in [6.45, 7) is 2.62. The van der Waals surface area contributed by atoms with Crippen molar-refractivity contribution in [3.05, 3.63) is 35.0 Å². The Kier molecular flexibility index (Phi) is 5.30. The first-order valence-corrected chi connectivity index (χ1v) is 10.4. The topological polar surface area (TPSA) is 56.9 Å². The van der Waals surface area contributed by atoms with E-state index in [0.717, 1.165) is 17.5 Å². The van der Waals surface area contributed by atoms with E-state index in [4.69, 9.17) is 0 Å². The lowest BCUT2D eigenvalue weighted by atomic mass is 9.90. The van der Waals surface area contributed by atoms with Crippen LogP contribution in [0.3, 0.4) is 0 Å². The van der Waals surface area contributed by atoms with Gasteiger partial charge in [0.25, 0.3) is 5.91 Å². The maximum Gasteiger partial charge on any atom is 0.251 e. The van der Waals surface area contributed by atoms with Crippen LogP contribution in [0.25, 0.3) is 10.9 Å². The molecule has 2 aliphatic carbocycles. The Hall–Kier alpha value is -1.81. The van der Waals surface area contributed by atoms with Gasteiger partial charge in [0.05, 0.1) is 0 Å². The molecule has 140 valence electrons. The van der Waals surface area contributed by atoms with Gasteiger partial charge < -0.3 is 15.6 Å². The highest BCUT2D eigenvalue weighted by Gasteiger charge is 2.26. The summed E-state index contributed by atoms with van der Waals surface area (Å²) in [7, 11) is 0. The van der Waals surface area contributed by atoms with E-state index in [0.29, 0.717) is 18.6 Å². The Morgan fingerprint density at radius 2 is 1.92 bits per heavy atom. The molecule has 1 fully saturated rings. The van der Waals surface area contributed by atoms with Crippen molar-refractivity contribution in [3.63, 3.8) is 0 Å². The van der Waals surface area contributed by atoms with Gasteiger partial charge in [-0.05, 0) is 62.8 Å². The van der Waals surface area contributed by atoms with Crippen LogP contribution in [-0.2, 0) is 6.42 Å². The number of amides is 1. The van der Waals surface area contributed by atoms with Gasteiger partial charge in [0.2, 0.25) is 0 Å². The number of H-pyrrole nitrogens is 1. The molecule has 0 radical (unpaired) electrons. The van der Waals surface area contributed by atoms with E-state index >= 15 is 0 Å². The van der Waals surface area contributed by atoms with Gasteiger partial charge in [-0.25, -0.2) is 0 Å². The Balaban J connectivity index is 1.61. The van der Waals surface area contributed by atoms with Crippen LogP contribution in [-0.4, -0.2) is 23.5 Å². The van der Waals surface area contributed by atoms with Crippen LogP contribution in [0.4, 0.5) is 0 Å². The summed E-state index contributed by atoms with van der Waals surface area (Å²) in [6, 6.07) is 7.17. The van der Waals surface area contributed by atoms with Crippen LogP contribution >= 0.6 is 0 Å². The second-order valence-corrected chi connectivity index (χ2v) is 7.94. The van der Waals surface area contributed by atoms with E-state index in [1.165, 1.54) is 68.0 Å². The van der Waals surface area contributed by atoms with E-state index in [1.54, 1.807) is 0 Å². The largest absolute Gasteiger partial charge is 0.357 e. The smallest absolute Gasteiger partial charge is 0.251 e. The number of rotatable bonds is 4. The van der Waals surface area contributed by atoms with Crippen molar-refractivity contribution in [2.24, 2.45) is 0 Å². The number of benzene rings is 1. The van der Waals surface area contributed by atoms with Crippen molar-refractivity contribution in [1.29, 1.82) is 0 Å². The molecule has 1 atom stereocenters. The summed E-state index contributed by atoms with van der Waals surface area (Å²) >= 11 is 0. The minimum Gasteiger partial charge on any atom is -0.357 e. The van der Waals surface area contributed by atoms with Crippen LogP contribution in [0.2, 0.25) is 0 Å². The van der Waals surface area contributed by atoms with E-state index < -0.39 is 0 Å². The molecular formula is C22H31N3O. The zero-order chi connectivity index (χ0) is 17.9. The molecule has 4 nitrogen and oxygen atoms in total. The Morgan fingerprint density at radius 1 is 1.12 bits per heavy atom. The van der Waals surface area contributed by atoms with Gasteiger partial charge >= 0.3 is 0 Å². The van der Waals surface area contributed by atoms with Crippen LogP contribution in [0.1, 0.15) is 85.9 Å². The lowest BCUT2D eigenvalue weighted by Crippen LogP contribution is -2.34. The fourth-order valence-electron chi connectivity index (χ4n) is 4.76. The third-order valence-electron chi connectivity index (χ3n) is 6.10. The van der Waals surface area contributed by atoms with E-state index in [1.807, 2.05) is 13.0 Å². The predicted octanol–water partition coefficient (Wildman–Crippen LogP) is 4.61. The molecule has 4 rings (SSSR count). The summed E-state index contributed by atoms with van der Waals surface area (Å²) in [5.41, 5.74) is 4.71. The molecule has 1 heterocycles. The number of carbonyl (C=O) groups excluding carboxylic acids is 1. The normalized spacial score (nSPS) is 21.3. The number of aromatic amines is 1.